The van der Waals surface area contributed by atoms with Gasteiger partial charge in [-0.05, 0) is 35.9 Å². The zero-order valence-electron chi connectivity index (χ0n) is 19.0. The highest BCUT2D eigenvalue weighted by molar-refractivity contribution is 5.90. The number of urea groups is 1. The fourth-order valence-electron chi connectivity index (χ4n) is 3.55. The molecule has 1 aromatic heterocycles. The first-order valence-electron chi connectivity index (χ1n) is 10.8. The fraction of sp³-hybridized carbons (Fsp3) is 0.250. The molecule has 0 saturated carbocycles. The van der Waals surface area contributed by atoms with E-state index >= 15 is 0 Å². The Bertz CT molecular complexity index is 1130. The molecule has 2 heterocycles. The Balaban J connectivity index is 1.34. The summed E-state index contributed by atoms with van der Waals surface area (Å²) in [6, 6.07) is 14.8. The van der Waals surface area contributed by atoms with Crippen LogP contribution in [0.2, 0.25) is 0 Å². The van der Waals surface area contributed by atoms with Crippen LogP contribution in [0.4, 0.5) is 26.9 Å². The van der Waals surface area contributed by atoms with Crippen molar-refractivity contribution >= 4 is 29.4 Å². The van der Waals surface area contributed by atoms with Gasteiger partial charge >= 0.3 is 12.1 Å². The molecule has 3 aromatic rings. The predicted octanol–water partition coefficient (Wildman–Crippen LogP) is 3.81. The van der Waals surface area contributed by atoms with E-state index in [1.807, 2.05) is 42.5 Å². The van der Waals surface area contributed by atoms with Gasteiger partial charge in [-0.1, -0.05) is 18.2 Å². The van der Waals surface area contributed by atoms with E-state index in [2.05, 4.69) is 20.6 Å². The predicted molar refractivity (Wildman–Crippen MR) is 128 cm³/mol. The van der Waals surface area contributed by atoms with Crippen LogP contribution in [0.3, 0.4) is 0 Å². The van der Waals surface area contributed by atoms with E-state index in [0.717, 1.165) is 22.6 Å². The van der Waals surface area contributed by atoms with E-state index in [1.54, 1.807) is 35.4 Å². The number of nitrogens with zero attached hydrogens (tertiary/aromatic N) is 4. The minimum Gasteiger partial charge on any atom is -0.497 e. The number of rotatable bonds is 5. The molecule has 1 aliphatic rings. The molecule has 2 N–H and O–H groups in total. The van der Waals surface area contributed by atoms with Crippen LogP contribution >= 0.6 is 0 Å². The molecule has 10 heteroatoms. The standard InChI is InChI=1S/C24H26N6O4/c1-33-21-8-6-17(7-9-21)18-15-25-22(26-16-18)27-19-4-3-5-20(14-19)28-23(31)29-10-12-30(13-11-29)24(32)34-2/h3-9,14-16H,10-13H2,1-2H3,(H,28,31)(H,25,26,27). The number of aromatic nitrogens is 2. The number of hydrogen-bond acceptors (Lipinski definition) is 7. The van der Waals surface area contributed by atoms with Gasteiger partial charge in [-0.15, -0.1) is 0 Å². The lowest BCUT2D eigenvalue weighted by Gasteiger charge is -2.33. The zero-order valence-corrected chi connectivity index (χ0v) is 19.0. The number of nitrogens with one attached hydrogen (secondary N) is 2. The highest BCUT2D eigenvalue weighted by atomic mass is 16.5. The third-order valence-electron chi connectivity index (χ3n) is 5.44. The summed E-state index contributed by atoms with van der Waals surface area (Å²) >= 11 is 0. The first-order valence-corrected chi connectivity index (χ1v) is 10.8. The minimum absolute atomic E-state index is 0.221. The Labute approximate surface area is 197 Å². The molecule has 0 aliphatic carbocycles. The van der Waals surface area contributed by atoms with E-state index in [1.165, 1.54) is 7.11 Å². The number of methoxy groups -OCH3 is 2. The van der Waals surface area contributed by atoms with Crippen molar-refractivity contribution in [1.82, 2.24) is 19.8 Å². The number of carbonyl (C=O) groups is 2. The van der Waals surface area contributed by atoms with Gasteiger partial charge in [0.15, 0.2) is 0 Å². The summed E-state index contributed by atoms with van der Waals surface area (Å²) in [4.78, 5) is 36.3. The molecule has 34 heavy (non-hydrogen) atoms. The smallest absolute Gasteiger partial charge is 0.409 e. The maximum Gasteiger partial charge on any atom is 0.409 e. The second-order valence-electron chi connectivity index (χ2n) is 7.60. The number of amides is 3. The Morgan fingerprint density at radius 2 is 1.50 bits per heavy atom. The summed E-state index contributed by atoms with van der Waals surface area (Å²) in [5.41, 5.74) is 3.26. The van der Waals surface area contributed by atoms with Crippen LogP contribution in [0.5, 0.6) is 5.75 Å². The van der Waals surface area contributed by atoms with E-state index in [0.29, 0.717) is 37.8 Å². The second kappa shape index (κ2) is 10.5. The summed E-state index contributed by atoms with van der Waals surface area (Å²) in [6.07, 6.45) is 3.12. The summed E-state index contributed by atoms with van der Waals surface area (Å²) < 4.78 is 9.91. The number of benzene rings is 2. The lowest BCUT2D eigenvalue weighted by molar-refractivity contribution is 0.0992. The van der Waals surface area contributed by atoms with Gasteiger partial charge < -0.3 is 29.9 Å². The lowest BCUT2D eigenvalue weighted by atomic mass is 10.1. The van der Waals surface area contributed by atoms with Gasteiger partial charge in [0, 0.05) is 55.5 Å². The lowest BCUT2D eigenvalue weighted by Crippen LogP contribution is -2.51. The average Bonchev–Trinajstić information content (AvgIpc) is 2.89. The van der Waals surface area contributed by atoms with Crippen LogP contribution in [0.15, 0.2) is 60.9 Å². The molecular weight excluding hydrogens is 436 g/mol. The number of piperazine rings is 1. The van der Waals surface area contributed by atoms with Crippen molar-refractivity contribution < 1.29 is 19.1 Å². The van der Waals surface area contributed by atoms with Gasteiger partial charge in [0.1, 0.15) is 5.75 Å². The van der Waals surface area contributed by atoms with Crippen LogP contribution < -0.4 is 15.4 Å². The Morgan fingerprint density at radius 3 is 2.15 bits per heavy atom. The van der Waals surface area contributed by atoms with Crippen LogP contribution in [-0.4, -0.2) is 72.3 Å². The topological polar surface area (TPSA) is 109 Å². The molecule has 2 aromatic carbocycles. The quantitative estimate of drug-likeness (QED) is 0.593. The summed E-state index contributed by atoms with van der Waals surface area (Å²) in [5.74, 6) is 1.23. The fourth-order valence-corrected chi connectivity index (χ4v) is 3.55. The van der Waals surface area contributed by atoms with Gasteiger partial charge in [0.2, 0.25) is 5.95 Å². The number of anilines is 3. The minimum atomic E-state index is -0.377. The van der Waals surface area contributed by atoms with Crippen LogP contribution in [0.25, 0.3) is 11.1 Å². The highest BCUT2D eigenvalue weighted by Crippen LogP contribution is 2.23. The molecule has 0 unspecified atom stereocenters. The van der Waals surface area contributed by atoms with E-state index < -0.39 is 0 Å². The normalized spacial score (nSPS) is 13.2. The van der Waals surface area contributed by atoms with Crippen molar-refractivity contribution in [3.8, 4) is 16.9 Å². The Kier molecular flexibility index (Phi) is 7.07. The average molecular weight is 463 g/mol. The second-order valence-corrected chi connectivity index (χ2v) is 7.60. The molecular formula is C24H26N6O4. The molecule has 0 bridgehead atoms. The third kappa shape index (κ3) is 5.52. The van der Waals surface area contributed by atoms with Gasteiger partial charge in [-0.25, -0.2) is 19.6 Å². The van der Waals surface area contributed by atoms with E-state index in [-0.39, 0.29) is 12.1 Å². The molecule has 1 aliphatic heterocycles. The first-order chi connectivity index (χ1) is 16.6. The summed E-state index contributed by atoms with van der Waals surface area (Å²) in [7, 11) is 2.98. The number of carbonyl (C=O) groups excluding carboxylic acids is 2. The maximum atomic E-state index is 12.6. The largest absolute Gasteiger partial charge is 0.497 e. The molecule has 1 fully saturated rings. The number of ether oxygens (including phenoxy) is 2. The third-order valence-corrected chi connectivity index (χ3v) is 5.44. The molecule has 1 saturated heterocycles. The zero-order chi connectivity index (χ0) is 23.9. The molecule has 0 radical (unpaired) electrons. The van der Waals surface area contributed by atoms with Crippen molar-refractivity contribution in [2.24, 2.45) is 0 Å². The SMILES string of the molecule is COC(=O)N1CCN(C(=O)Nc2cccc(Nc3ncc(-c4ccc(OC)cc4)cn3)c2)CC1. The molecule has 10 nitrogen and oxygen atoms in total. The summed E-state index contributed by atoms with van der Waals surface area (Å²) in [6.45, 7) is 1.75. The first kappa shape index (κ1) is 22.8. The Morgan fingerprint density at radius 1 is 0.853 bits per heavy atom. The van der Waals surface area contributed by atoms with Gasteiger partial charge in [0.25, 0.3) is 0 Å². The number of hydrogen-bond donors (Lipinski definition) is 2. The molecule has 0 atom stereocenters. The van der Waals surface area contributed by atoms with Crippen molar-refractivity contribution in [3.63, 3.8) is 0 Å². The maximum absolute atomic E-state index is 12.6. The molecule has 3 amide bonds. The molecule has 176 valence electrons. The van der Waals surface area contributed by atoms with E-state index in [4.69, 9.17) is 9.47 Å². The van der Waals surface area contributed by atoms with Gasteiger partial charge in [-0.2, -0.15) is 0 Å². The van der Waals surface area contributed by atoms with Crippen molar-refractivity contribution in [1.29, 1.82) is 0 Å². The molecule has 0 spiro atoms. The molecule has 4 rings (SSSR count). The van der Waals surface area contributed by atoms with Gasteiger partial charge in [0.05, 0.1) is 14.2 Å². The van der Waals surface area contributed by atoms with Crippen LogP contribution in [0, 0.1) is 0 Å². The van der Waals surface area contributed by atoms with E-state index in [9.17, 15) is 9.59 Å². The summed E-state index contributed by atoms with van der Waals surface area (Å²) in [5, 5.41) is 6.05. The monoisotopic (exact) mass is 462 g/mol. The van der Waals surface area contributed by atoms with Gasteiger partial charge in [-0.3, -0.25) is 0 Å². The van der Waals surface area contributed by atoms with Crippen LogP contribution in [0.1, 0.15) is 0 Å². The van der Waals surface area contributed by atoms with Crippen molar-refractivity contribution in [3.05, 3.63) is 60.9 Å². The highest BCUT2D eigenvalue weighted by Gasteiger charge is 2.24. The van der Waals surface area contributed by atoms with Crippen LogP contribution in [-0.2, 0) is 4.74 Å². The van der Waals surface area contributed by atoms with Crippen molar-refractivity contribution in [2.75, 3.05) is 51.0 Å². The van der Waals surface area contributed by atoms with Crippen molar-refractivity contribution in [2.45, 2.75) is 0 Å². The Hall–Kier alpha value is -4.34.